The molecule has 0 fully saturated rings. The van der Waals surface area contributed by atoms with E-state index in [0.717, 1.165) is 6.07 Å². The summed E-state index contributed by atoms with van der Waals surface area (Å²) < 4.78 is 97.1. The number of nitrogens with one attached hydrogen (secondary N) is 1. The van der Waals surface area contributed by atoms with Crippen molar-refractivity contribution < 1.29 is 45.1 Å². The predicted octanol–water partition coefficient (Wildman–Crippen LogP) is 4.94. The fourth-order valence-corrected chi connectivity index (χ4v) is 4.21. The van der Waals surface area contributed by atoms with E-state index in [0.29, 0.717) is 17.0 Å². The second-order valence-corrected chi connectivity index (χ2v) is 8.19. The quantitative estimate of drug-likeness (QED) is 0.475. The van der Waals surface area contributed by atoms with Crippen molar-refractivity contribution >= 4 is 17.5 Å². The van der Waals surface area contributed by atoms with Gasteiger partial charge in [-0.3, -0.25) is 14.3 Å². The van der Waals surface area contributed by atoms with Crippen LogP contribution in [0.15, 0.2) is 54.9 Å². The van der Waals surface area contributed by atoms with Crippen LogP contribution in [-0.4, -0.2) is 45.6 Å². The summed E-state index contributed by atoms with van der Waals surface area (Å²) in [6.45, 7) is -1.68. The number of nitrogens with zero attached hydrogens (tertiary/aromatic N) is 3. The molecule has 1 N–H and O–H groups in total. The number of rotatable bonds is 5. The number of benzene rings is 2. The zero-order valence-electron chi connectivity index (χ0n) is 18.8. The van der Waals surface area contributed by atoms with E-state index in [-0.39, 0.29) is 22.4 Å². The Hall–Kier alpha value is -4.10. The second-order valence-electron chi connectivity index (χ2n) is 8.19. The van der Waals surface area contributed by atoms with Gasteiger partial charge in [0, 0.05) is 36.1 Å². The standard InChI is InChI=1S/C23H17F7N4O3/c1-33-10-12(9-31-33)19-18(14-4-2-3-5-15(14)21(36)34(19)11-22(25,26)27)20(35)32-13-6-7-16(24)17(8-13)37-23(28,29)30/h2-10,18-19H,11H2,1H3,(H,32,35)/t18-,19+/m1/s1. The van der Waals surface area contributed by atoms with Gasteiger partial charge < -0.3 is 15.0 Å². The van der Waals surface area contributed by atoms with Gasteiger partial charge in [0.15, 0.2) is 11.6 Å². The van der Waals surface area contributed by atoms with E-state index in [1.807, 2.05) is 0 Å². The second kappa shape index (κ2) is 9.41. The van der Waals surface area contributed by atoms with Crippen LogP contribution in [0, 0.1) is 5.82 Å². The molecule has 0 saturated carbocycles. The van der Waals surface area contributed by atoms with Crippen molar-refractivity contribution in [1.29, 1.82) is 0 Å². The van der Waals surface area contributed by atoms with Gasteiger partial charge in [0.25, 0.3) is 5.91 Å². The Bertz CT molecular complexity index is 1340. The molecule has 0 saturated heterocycles. The Kier molecular flexibility index (Phi) is 6.60. The minimum absolute atomic E-state index is 0.103. The van der Waals surface area contributed by atoms with Gasteiger partial charge in [0.05, 0.1) is 18.2 Å². The molecular formula is C23H17F7N4O3. The molecule has 2 amide bonds. The average molecular weight is 530 g/mol. The highest BCUT2D eigenvalue weighted by Gasteiger charge is 2.48. The van der Waals surface area contributed by atoms with Crippen molar-refractivity contribution in [3.63, 3.8) is 0 Å². The van der Waals surface area contributed by atoms with E-state index in [2.05, 4.69) is 15.2 Å². The summed E-state index contributed by atoms with van der Waals surface area (Å²) in [5.41, 5.74) is -0.235. The number of amides is 2. The van der Waals surface area contributed by atoms with Gasteiger partial charge in [-0.05, 0) is 23.8 Å². The molecule has 2 aromatic carbocycles. The molecular weight excluding hydrogens is 513 g/mol. The molecule has 1 aliphatic rings. The van der Waals surface area contributed by atoms with E-state index in [9.17, 15) is 40.3 Å². The zero-order chi connectivity index (χ0) is 27.1. The van der Waals surface area contributed by atoms with Crippen LogP contribution in [0.25, 0.3) is 0 Å². The number of aryl methyl sites for hydroxylation is 1. The first-order chi connectivity index (χ1) is 17.2. The lowest BCUT2D eigenvalue weighted by atomic mass is 9.79. The molecule has 2 heterocycles. The Labute approximate surface area is 204 Å². The number of halogens is 7. The normalized spacial score (nSPS) is 17.9. The van der Waals surface area contributed by atoms with Gasteiger partial charge >= 0.3 is 12.5 Å². The van der Waals surface area contributed by atoms with Gasteiger partial charge in [-0.2, -0.15) is 18.3 Å². The molecule has 1 aliphatic heterocycles. The Morgan fingerprint density at radius 1 is 1.11 bits per heavy atom. The topological polar surface area (TPSA) is 76.5 Å². The molecule has 0 spiro atoms. The summed E-state index contributed by atoms with van der Waals surface area (Å²) in [6.07, 6.45) is -7.47. The molecule has 196 valence electrons. The minimum Gasteiger partial charge on any atom is -0.403 e. The lowest BCUT2D eigenvalue weighted by Crippen LogP contribution is -2.49. The number of hydrogen-bond acceptors (Lipinski definition) is 4. The van der Waals surface area contributed by atoms with Crippen molar-refractivity contribution in [2.75, 3.05) is 11.9 Å². The third-order valence-corrected chi connectivity index (χ3v) is 5.56. The SMILES string of the molecule is Cn1cc([C@H]2[C@H](C(=O)Nc3ccc(F)c(OC(F)(F)F)c3)c3ccccc3C(=O)N2CC(F)(F)F)cn1. The Balaban J connectivity index is 1.79. The summed E-state index contributed by atoms with van der Waals surface area (Å²) in [4.78, 5) is 27.1. The van der Waals surface area contributed by atoms with E-state index >= 15 is 0 Å². The largest absolute Gasteiger partial charge is 0.573 e. The molecule has 0 bridgehead atoms. The van der Waals surface area contributed by atoms with Crippen molar-refractivity contribution in [3.8, 4) is 5.75 Å². The molecule has 0 radical (unpaired) electrons. The first-order valence-electron chi connectivity index (χ1n) is 10.5. The molecule has 14 heteroatoms. The molecule has 2 atom stereocenters. The van der Waals surface area contributed by atoms with Gasteiger partial charge in [-0.25, -0.2) is 4.39 Å². The summed E-state index contributed by atoms with van der Waals surface area (Å²) in [6, 6.07) is 6.29. The highest BCUT2D eigenvalue weighted by atomic mass is 19.4. The van der Waals surface area contributed by atoms with Crippen molar-refractivity contribution in [2.45, 2.75) is 24.5 Å². The molecule has 0 unspecified atom stereocenters. The third kappa shape index (κ3) is 5.67. The number of carbonyl (C=O) groups excluding carboxylic acids is 2. The summed E-state index contributed by atoms with van der Waals surface area (Å²) in [7, 11) is 1.49. The number of anilines is 1. The fraction of sp³-hybridized carbons (Fsp3) is 0.261. The van der Waals surface area contributed by atoms with E-state index < -0.39 is 54.4 Å². The molecule has 4 rings (SSSR count). The number of fused-ring (bicyclic) bond motifs is 1. The number of hydrogen-bond donors (Lipinski definition) is 1. The highest BCUT2D eigenvalue weighted by Crippen LogP contribution is 2.44. The van der Waals surface area contributed by atoms with Gasteiger partial charge in [-0.15, -0.1) is 13.2 Å². The van der Waals surface area contributed by atoms with Crippen molar-refractivity contribution in [3.05, 3.63) is 77.4 Å². The molecule has 0 aliphatic carbocycles. The lowest BCUT2D eigenvalue weighted by Gasteiger charge is -2.41. The number of aromatic nitrogens is 2. The van der Waals surface area contributed by atoms with Crippen LogP contribution in [0.3, 0.4) is 0 Å². The van der Waals surface area contributed by atoms with E-state index in [4.69, 9.17) is 0 Å². The number of carbonyl (C=O) groups is 2. The first-order valence-corrected chi connectivity index (χ1v) is 10.5. The molecule has 3 aromatic rings. The maximum absolute atomic E-state index is 13.8. The maximum atomic E-state index is 13.8. The van der Waals surface area contributed by atoms with Gasteiger partial charge in [0.2, 0.25) is 5.91 Å². The Morgan fingerprint density at radius 3 is 2.43 bits per heavy atom. The van der Waals surface area contributed by atoms with Crippen LogP contribution in [0.4, 0.5) is 36.4 Å². The van der Waals surface area contributed by atoms with E-state index in [1.54, 1.807) is 0 Å². The number of alkyl halides is 6. The third-order valence-electron chi connectivity index (χ3n) is 5.56. The summed E-state index contributed by atoms with van der Waals surface area (Å²) in [5, 5.41) is 6.25. The number of ether oxygens (including phenoxy) is 1. The van der Waals surface area contributed by atoms with Crippen LogP contribution >= 0.6 is 0 Å². The average Bonchev–Trinajstić information content (AvgIpc) is 3.21. The lowest BCUT2D eigenvalue weighted by molar-refractivity contribution is -0.275. The van der Waals surface area contributed by atoms with Crippen LogP contribution in [0.5, 0.6) is 5.75 Å². The van der Waals surface area contributed by atoms with Crippen LogP contribution in [0.2, 0.25) is 0 Å². The zero-order valence-corrected chi connectivity index (χ0v) is 18.8. The summed E-state index contributed by atoms with van der Waals surface area (Å²) >= 11 is 0. The predicted molar refractivity (Wildman–Crippen MR) is 114 cm³/mol. The molecule has 7 nitrogen and oxygen atoms in total. The maximum Gasteiger partial charge on any atom is 0.573 e. The molecule has 37 heavy (non-hydrogen) atoms. The highest BCUT2D eigenvalue weighted by molar-refractivity contribution is 6.04. The first kappa shape index (κ1) is 26.0. The molecule has 1 aromatic heterocycles. The Morgan fingerprint density at radius 2 is 1.81 bits per heavy atom. The van der Waals surface area contributed by atoms with Crippen molar-refractivity contribution in [2.24, 2.45) is 7.05 Å². The minimum atomic E-state index is -5.21. The van der Waals surface area contributed by atoms with Gasteiger partial charge in [-0.1, -0.05) is 18.2 Å². The monoisotopic (exact) mass is 530 g/mol. The van der Waals surface area contributed by atoms with Gasteiger partial charge in [0.1, 0.15) is 6.54 Å². The van der Waals surface area contributed by atoms with Crippen LogP contribution in [-0.2, 0) is 11.8 Å². The smallest absolute Gasteiger partial charge is 0.403 e. The summed E-state index contributed by atoms with van der Waals surface area (Å²) in [5.74, 6) is -5.92. The van der Waals surface area contributed by atoms with Crippen LogP contribution in [0.1, 0.15) is 33.4 Å². The fourth-order valence-electron chi connectivity index (χ4n) is 4.21. The van der Waals surface area contributed by atoms with E-state index in [1.165, 1.54) is 48.4 Å². The van der Waals surface area contributed by atoms with Crippen molar-refractivity contribution in [1.82, 2.24) is 14.7 Å². The van der Waals surface area contributed by atoms with Crippen LogP contribution < -0.4 is 10.1 Å².